The highest BCUT2D eigenvalue weighted by Gasteiger charge is 2.21. The van der Waals surface area contributed by atoms with Crippen LogP contribution in [0.15, 0.2) is 0 Å². The minimum Gasteiger partial charge on any atom is -0.480 e. The Labute approximate surface area is 101 Å². The van der Waals surface area contributed by atoms with E-state index < -0.39 is 12.0 Å². The molecule has 0 bridgehead atoms. The van der Waals surface area contributed by atoms with Gasteiger partial charge in [0.1, 0.15) is 6.04 Å². The highest BCUT2D eigenvalue weighted by atomic mass is 16.4. The molecular formula is C11H21N3O3. The molecule has 6 nitrogen and oxygen atoms in total. The van der Waals surface area contributed by atoms with Crippen LogP contribution < -0.4 is 10.6 Å². The van der Waals surface area contributed by atoms with E-state index in [0.717, 1.165) is 26.1 Å². The first-order chi connectivity index (χ1) is 7.99. The summed E-state index contributed by atoms with van der Waals surface area (Å²) in [5.74, 6) is -0.747. The van der Waals surface area contributed by atoms with Gasteiger partial charge < -0.3 is 20.6 Å². The highest BCUT2D eigenvalue weighted by Crippen LogP contribution is 2.12. The first kappa shape index (κ1) is 13.9. The topological polar surface area (TPSA) is 81.7 Å². The molecule has 17 heavy (non-hydrogen) atoms. The van der Waals surface area contributed by atoms with E-state index in [0.29, 0.717) is 5.92 Å². The number of hydrogen-bond acceptors (Lipinski definition) is 4. The van der Waals surface area contributed by atoms with Crippen LogP contribution >= 0.6 is 0 Å². The summed E-state index contributed by atoms with van der Waals surface area (Å²) >= 11 is 0. The number of carbonyl (C=O) groups excluding carboxylic acids is 1. The van der Waals surface area contributed by atoms with E-state index in [-0.39, 0.29) is 12.5 Å². The van der Waals surface area contributed by atoms with E-state index in [1.807, 2.05) is 0 Å². The summed E-state index contributed by atoms with van der Waals surface area (Å²) in [7, 11) is 2.08. The maximum absolute atomic E-state index is 10.9. The van der Waals surface area contributed by atoms with Crippen molar-refractivity contribution < 1.29 is 14.7 Å². The molecule has 98 valence electrons. The van der Waals surface area contributed by atoms with E-state index in [4.69, 9.17) is 5.11 Å². The van der Waals surface area contributed by atoms with Crippen LogP contribution in [0.5, 0.6) is 0 Å². The molecule has 3 N–H and O–H groups in total. The van der Waals surface area contributed by atoms with Crippen molar-refractivity contribution in [3.05, 3.63) is 0 Å². The second-order valence-corrected chi connectivity index (χ2v) is 4.67. The van der Waals surface area contributed by atoms with Crippen molar-refractivity contribution in [1.82, 2.24) is 15.5 Å². The molecule has 6 heteroatoms. The Balaban J connectivity index is 2.22. The van der Waals surface area contributed by atoms with Crippen LogP contribution in [0.25, 0.3) is 0 Å². The molecule has 0 aromatic carbocycles. The summed E-state index contributed by atoms with van der Waals surface area (Å²) in [6, 6.07) is -0.841. The average molecular weight is 243 g/mol. The summed E-state index contributed by atoms with van der Waals surface area (Å²) in [4.78, 5) is 23.9. The SMILES string of the molecule is CC(=O)NC(CNCC1CCN(C)C1)C(=O)O. The van der Waals surface area contributed by atoms with Crippen LogP contribution in [0.2, 0.25) is 0 Å². The lowest BCUT2D eigenvalue weighted by molar-refractivity contribution is -0.141. The Kier molecular flexibility index (Phi) is 5.37. The third kappa shape index (κ3) is 5.14. The van der Waals surface area contributed by atoms with Gasteiger partial charge in [0, 0.05) is 20.0 Å². The fraction of sp³-hybridized carbons (Fsp3) is 0.818. The average Bonchev–Trinajstić information content (AvgIpc) is 2.62. The standard InChI is InChI=1S/C11H21N3O3/c1-8(15)13-10(11(16)17)6-12-5-9-3-4-14(2)7-9/h9-10,12H,3-7H2,1-2H3,(H,13,15)(H,16,17). The van der Waals surface area contributed by atoms with Gasteiger partial charge in [0.05, 0.1) is 0 Å². The molecule has 2 unspecified atom stereocenters. The highest BCUT2D eigenvalue weighted by molar-refractivity contribution is 5.82. The number of carbonyl (C=O) groups is 2. The Bertz CT molecular complexity index is 283. The number of carboxylic acid groups (broad SMARTS) is 1. The third-order valence-electron chi connectivity index (χ3n) is 2.95. The lowest BCUT2D eigenvalue weighted by Crippen LogP contribution is -2.47. The first-order valence-corrected chi connectivity index (χ1v) is 5.88. The van der Waals surface area contributed by atoms with Crippen LogP contribution in [0.4, 0.5) is 0 Å². The number of carboxylic acids is 1. The molecule has 1 saturated heterocycles. The number of nitrogens with zero attached hydrogens (tertiary/aromatic N) is 1. The Morgan fingerprint density at radius 3 is 2.71 bits per heavy atom. The van der Waals surface area contributed by atoms with Gasteiger partial charge in [-0.05, 0) is 32.5 Å². The summed E-state index contributed by atoms with van der Waals surface area (Å²) in [5, 5.41) is 14.4. The third-order valence-corrected chi connectivity index (χ3v) is 2.95. The molecule has 0 saturated carbocycles. The van der Waals surface area contributed by atoms with E-state index in [1.165, 1.54) is 6.92 Å². The molecule has 0 aliphatic carbocycles. The van der Waals surface area contributed by atoms with Gasteiger partial charge in [0.25, 0.3) is 0 Å². The van der Waals surface area contributed by atoms with E-state index in [2.05, 4.69) is 22.6 Å². The number of nitrogens with one attached hydrogen (secondary N) is 2. The fourth-order valence-electron chi connectivity index (χ4n) is 2.07. The zero-order chi connectivity index (χ0) is 12.8. The monoisotopic (exact) mass is 243 g/mol. The van der Waals surface area contributed by atoms with E-state index in [9.17, 15) is 9.59 Å². The molecule has 0 radical (unpaired) electrons. The van der Waals surface area contributed by atoms with Crippen molar-refractivity contribution in [2.45, 2.75) is 19.4 Å². The summed E-state index contributed by atoms with van der Waals surface area (Å²) in [6.07, 6.45) is 1.14. The van der Waals surface area contributed by atoms with E-state index in [1.54, 1.807) is 0 Å². The second kappa shape index (κ2) is 6.56. The molecule has 0 aromatic rings. The Morgan fingerprint density at radius 1 is 1.53 bits per heavy atom. The van der Waals surface area contributed by atoms with Gasteiger partial charge in [-0.3, -0.25) is 4.79 Å². The number of hydrogen-bond donors (Lipinski definition) is 3. The largest absolute Gasteiger partial charge is 0.480 e. The molecule has 1 aliphatic rings. The van der Waals surface area contributed by atoms with Crippen LogP contribution in [-0.2, 0) is 9.59 Å². The number of likely N-dealkylation sites (tertiary alicyclic amines) is 1. The van der Waals surface area contributed by atoms with Crippen LogP contribution in [0, 0.1) is 5.92 Å². The Hall–Kier alpha value is -1.14. The minimum atomic E-state index is -1.00. The summed E-state index contributed by atoms with van der Waals surface area (Å²) in [5.41, 5.74) is 0. The van der Waals surface area contributed by atoms with Crippen molar-refractivity contribution in [2.24, 2.45) is 5.92 Å². The maximum Gasteiger partial charge on any atom is 0.327 e. The van der Waals surface area contributed by atoms with Crippen LogP contribution in [0.3, 0.4) is 0 Å². The van der Waals surface area contributed by atoms with Crippen molar-refractivity contribution in [1.29, 1.82) is 0 Å². The predicted octanol–water partition coefficient (Wildman–Crippen LogP) is -0.883. The normalized spacial score (nSPS) is 22.4. The van der Waals surface area contributed by atoms with Gasteiger partial charge in [-0.2, -0.15) is 0 Å². The van der Waals surface area contributed by atoms with Gasteiger partial charge in [-0.25, -0.2) is 4.79 Å². The second-order valence-electron chi connectivity index (χ2n) is 4.67. The maximum atomic E-state index is 10.9. The van der Waals surface area contributed by atoms with Gasteiger partial charge in [-0.1, -0.05) is 0 Å². The minimum absolute atomic E-state index is 0.273. The molecule has 1 amide bonds. The molecular weight excluding hydrogens is 222 g/mol. The first-order valence-electron chi connectivity index (χ1n) is 5.88. The molecule has 0 spiro atoms. The lowest BCUT2D eigenvalue weighted by Gasteiger charge is -2.16. The van der Waals surface area contributed by atoms with Crippen molar-refractivity contribution in [3.8, 4) is 0 Å². The zero-order valence-corrected chi connectivity index (χ0v) is 10.4. The zero-order valence-electron chi connectivity index (χ0n) is 10.4. The van der Waals surface area contributed by atoms with Gasteiger partial charge in [-0.15, -0.1) is 0 Å². The fourth-order valence-corrected chi connectivity index (χ4v) is 2.07. The van der Waals surface area contributed by atoms with Crippen molar-refractivity contribution in [3.63, 3.8) is 0 Å². The van der Waals surface area contributed by atoms with Crippen molar-refractivity contribution in [2.75, 3.05) is 33.2 Å². The smallest absolute Gasteiger partial charge is 0.327 e. The number of amides is 1. The summed E-state index contributed by atoms with van der Waals surface area (Å²) in [6.45, 7) is 4.54. The molecule has 1 fully saturated rings. The molecule has 1 aliphatic heterocycles. The number of aliphatic carboxylic acids is 1. The molecule has 1 heterocycles. The quantitative estimate of drug-likeness (QED) is 0.564. The van der Waals surface area contributed by atoms with E-state index >= 15 is 0 Å². The molecule has 0 aromatic heterocycles. The molecule has 1 rings (SSSR count). The van der Waals surface area contributed by atoms with Crippen molar-refractivity contribution >= 4 is 11.9 Å². The van der Waals surface area contributed by atoms with Gasteiger partial charge >= 0.3 is 5.97 Å². The van der Waals surface area contributed by atoms with Gasteiger partial charge in [0.15, 0.2) is 0 Å². The Morgan fingerprint density at radius 2 is 2.24 bits per heavy atom. The lowest BCUT2D eigenvalue weighted by atomic mass is 10.1. The van der Waals surface area contributed by atoms with Crippen LogP contribution in [0.1, 0.15) is 13.3 Å². The molecule has 2 atom stereocenters. The predicted molar refractivity (Wildman–Crippen MR) is 63.7 cm³/mol. The summed E-state index contributed by atoms with van der Waals surface area (Å²) < 4.78 is 0. The van der Waals surface area contributed by atoms with Crippen LogP contribution in [-0.4, -0.2) is 61.2 Å². The number of rotatable bonds is 6. The van der Waals surface area contributed by atoms with Gasteiger partial charge in [0.2, 0.25) is 5.91 Å².